The van der Waals surface area contributed by atoms with E-state index < -0.39 is 0 Å². The summed E-state index contributed by atoms with van der Waals surface area (Å²) in [6.07, 6.45) is 4.52. The van der Waals surface area contributed by atoms with Crippen LogP contribution in [0.2, 0.25) is 0 Å². The van der Waals surface area contributed by atoms with E-state index in [0.717, 1.165) is 0 Å². The maximum absolute atomic E-state index is 2.47. The third kappa shape index (κ3) is 3.96. The molecule has 3 heteroatoms. The summed E-state index contributed by atoms with van der Waals surface area (Å²) in [5.74, 6) is 0. The average molecular weight is 246 g/mol. The van der Waals surface area contributed by atoms with Crippen LogP contribution in [0.25, 0.3) is 0 Å². The summed E-state index contributed by atoms with van der Waals surface area (Å²) in [7, 11) is 0. The fourth-order valence-corrected chi connectivity index (χ4v) is 3.35. The number of hydrogen-bond donors (Lipinski definition) is 0. The lowest BCUT2D eigenvalue weighted by Gasteiger charge is -2.32. The molecule has 0 unspecified atom stereocenters. The maximum atomic E-state index is 2.47. The number of nitrogens with zero attached hydrogens (tertiary/aromatic N) is 1. The molecule has 0 N–H and O–H groups in total. The second-order valence-corrected chi connectivity index (χ2v) is 6.49. The second kappa shape index (κ2) is 5.66. The minimum absolute atomic E-state index is 0. The molecule has 1 rings (SSSR count). The molecule has 86 valence electrons. The van der Waals surface area contributed by atoms with Crippen molar-refractivity contribution < 1.29 is 12.4 Å². The van der Waals surface area contributed by atoms with E-state index in [1.807, 2.05) is 0 Å². The Balaban J connectivity index is 0.00000196. The third-order valence-electron chi connectivity index (χ3n) is 1.97. The number of benzene rings is 1. The predicted octanol–water partition coefficient (Wildman–Crippen LogP) is 0.0884. The largest absolute Gasteiger partial charge is 1.00 e. The molecule has 0 amide bonds. The lowest BCUT2D eigenvalue weighted by Crippen LogP contribution is -3.00. The van der Waals surface area contributed by atoms with Crippen LogP contribution in [0.4, 0.5) is 5.69 Å². The van der Waals surface area contributed by atoms with Crippen LogP contribution >= 0.6 is 0 Å². The van der Waals surface area contributed by atoms with Crippen molar-refractivity contribution in [1.29, 1.82) is 0 Å². The van der Waals surface area contributed by atoms with Crippen LogP contribution in [0.1, 0.15) is 20.8 Å². The maximum Gasteiger partial charge on any atom is 0.122 e. The van der Waals surface area contributed by atoms with E-state index in [2.05, 4.69) is 67.9 Å². The van der Waals surface area contributed by atoms with Gasteiger partial charge in [-0.1, -0.05) is 18.2 Å². The molecule has 0 spiro atoms. The summed E-state index contributed by atoms with van der Waals surface area (Å²) in [5, 5.41) is 0. The smallest absolute Gasteiger partial charge is 0.122 e. The molecule has 0 radical (unpaired) electrons. The monoisotopic (exact) mass is 245 g/mol. The SMILES string of the molecule is C[S+](C)N(c1ccccc1)C(C)(C)C.[Cl-]. The van der Waals surface area contributed by atoms with E-state index in [-0.39, 0.29) is 29.0 Å². The summed E-state index contributed by atoms with van der Waals surface area (Å²) in [5.41, 5.74) is 1.50. The molecule has 1 nitrogen and oxygen atoms in total. The Morgan fingerprint density at radius 2 is 1.47 bits per heavy atom. The molecule has 15 heavy (non-hydrogen) atoms. The van der Waals surface area contributed by atoms with Crippen molar-refractivity contribution in [2.24, 2.45) is 0 Å². The first-order valence-corrected chi connectivity index (χ1v) is 6.86. The second-order valence-electron chi connectivity index (χ2n) is 4.57. The number of anilines is 1. The molecule has 1 aromatic carbocycles. The Labute approximate surface area is 103 Å². The van der Waals surface area contributed by atoms with Gasteiger partial charge in [0.15, 0.2) is 0 Å². The normalized spacial score (nSPS) is 11.1. The number of halogens is 1. The third-order valence-corrected chi connectivity index (χ3v) is 3.45. The Morgan fingerprint density at radius 1 is 1.00 bits per heavy atom. The molecule has 0 fully saturated rings. The van der Waals surface area contributed by atoms with Crippen LogP contribution in [-0.2, 0) is 11.1 Å². The van der Waals surface area contributed by atoms with Gasteiger partial charge in [0.1, 0.15) is 12.5 Å². The van der Waals surface area contributed by atoms with Crippen LogP contribution < -0.4 is 16.7 Å². The van der Waals surface area contributed by atoms with E-state index >= 15 is 0 Å². The zero-order valence-corrected chi connectivity index (χ0v) is 11.7. The zero-order chi connectivity index (χ0) is 10.8. The van der Waals surface area contributed by atoms with Crippen molar-refractivity contribution in [3.05, 3.63) is 30.3 Å². The first-order chi connectivity index (χ1) is 6.43. The quantitative estimate of drug-likeness (QED) is 0.668. The van der Waals surface area contributed by atoms with Crippen LogP contribution in [-0.4, -0.2) is 18.1 Å². The van der Waals surface area contributed by atoms with Gasteiger partial charge in [0.25, 0.3) is 0 Å². The molecule has 0 saturated heterocycles. The van der Waals surface area contributed by atoms with Crippen LogP contribution in [0.5, 0.6) is 0 Å². The molecule has 0 heterocycles. The van der Waals surface area contributed by atoms with Gasteiger partial charge < -0.3 is 12.4 Å². The fourth-order valence-electron chi connectivity index (χ4n) is 1.71. The first-order valence-electron chi connectivity index (χ1n) is 4.86. The highest BCUT2D eigenvalue weighted by molar-refractivity contribution is 7.96. The number of para-hydroxylation sites is 1. The van der Waals surface area contributed by atoms with Gasteiger partial charge in [-0.25, -0.2) is 0 Å². The molecule has 1 aromatic rings. The van der Waals surface area contributed by atoms with Gasteiger partial charge in [0.2, 0.25) is 0 Å². The highest BCUT2D eigenvalue weighted by Gasteiger charge is 2.31. The average Bonchev–Trinajstić information content (AvgIpc) is 2.02. The van der Waals surface area contributed by atoms with Gasteiger partial charge in [0, 0.05) is 0 Å². The molecule has 0 aliphatic rings. The molecule has 0 aromatic heterocycles. The van der Waals surface area contributed by atoms with Crippen LogP contribution in [0.3, 0.4) is 0 Å². The summed E-state index contributed by atoms with van der Waals surface area (Å²) in [6.45, 7) is 6.77. The van der Waals surface area contributed by atoms with Gasteiger partial charge in [-0.3, -0.25) is 0 Å². The van der Waals surface area contributed by atoms with Gasteiger partial charge in [-0.2, -0.15) is 4.31 Å². The summed E-state index contributed by atoms with van der Waals surface area (Å²) in [4.78, 5) is 0. The minimum atomic E-state index is 0. The Bertz CT molecular complexity index is 279. The Kier molecular flexibility index (Phi) is 5.54. The lowest BCUT2D eigenvalue weighted by molar-refractivity contribution is -0.00000362. The van der Waals surface area contributed by atoms with Gasteiger partial charge in [-0.05, 0) is 32.9 Å². The molecular formula is C12H20ClNS. The lowest BCUT2D eigenvalue weighted by atomic mass is 10.1. The Hall–Kier alpha value is -0.340. The van der Waals surface area contributed by atoms with E-state index in [1.165, 1.54) is 5.69 Å². The van der Waals surface area contributed by atoms with Crippen LogP contribution in [0.15, 0.2) is 30.3 Å². The minimum Gasteiger partial charge on any atom is -1.00 e. The zero-order valence-electron chi connectivity index (χ0n) is 10.1. The highest BCUT2D eigenvalue weighted by atomic mass is 35.5. The van der Waals surface area contributed by atoms with Crippen LogP contribution in [0, 0.1) is 0 Å². The van der Waals surface area contributed by atoms with Gasteiger partial charge in [0.05, 0.1) is 22.3 Å². The summed E-state index contributed by atoms with van der Waals surface area (Å²) in [6, 6.07) is 10.6. The van der Waals surface area contributed by atoms with E-state index in [4.69, 9.17) is 0 Å². The van der Waals surface area contributed by atoms with E-state index in [9.17, 15) is 0 Å². The Morgan fingerprint density at radius 3 is 1.80 bits per heavy atom. The van der Waals surface area contributed by atoms with Crippen molar-refractivity contribution in [2.75, 3.05) is 16.8 Å². The van der Waals surface area contributed by atoms with Crippen molar-refractivity contribution in [3.8, 4) is 0 Å². The predicted molar refractivity (Wildman–Crippen MR) is 67.9 cm³/mol. The van der Waals surface area contributed by atoms with Crippen molar-refractivity contribution in [3.63, 3.8) is 0 Å². The fraction of sp³-hybridized carbons (Fsp3) is 0.500. The van der Waals surface area contributed by atoms with E-state index in [0.29, 0.717) is 0 Å². The first kappa shape index (κ1) is 14.7. The van der Waals surface area contributed by atoms with Crippen molar-refractivity contribution in [1.82, 2.24) is 0 Å². The number of rotatable bonds is 2. The molecule has 0 aliphatic carbocycles. The van der Waals surface area contributed by atoms with Crippen molar-refractivity contribution in [2.45, 2.75) is 26.3 Å². The summed E-state index contributed by atoms with van der Waals surface area (Å²) < 4.78 is 2.47. The molecular weight excluding hydrogens is 226 g/mol. The molecule has 0 aliphatic heterocycles. The van der Waals surface area contributed by atoms with Gasteiger partial charge >= 0.3 is 0 Å². The molecule has 0 saturated carbocycles. The standard InChI is InChI=1S/C12H20NS.ClH/c1-12(2,3)13(14(4)5)11-9-7-6-8-10-11;/h6-10H,1-5H3;1H/q+1;/p-1. The van der Waals surface area contributed by atoms with Gasteiger partial charge in [-0.15, -0.1) is 0 Å². The van der Waals surface area contributed by atoms with Crippen molar-refractivity contribution >= 4 is 16.8 Å². The summed E-state index contributed by atoms with van der Waals surface area (Å²) >= 11 is 0.260. The molecule has 0 bridgehead atoms. The molecule has 0 atom stereocenters. The topological polar surface area (TPSA) is 3.24 Å². The van der Waals surface area contributed by atoms with E-state index in [1.54, 1.807) is 0 Å². The highest BCUT2D eigenvalue weighted by Crippen LogP contribution is 2.26. The number of hydrogen-bond acceptors (Lipinski definition) is 1.